The Kier molecular flexibility index (Phi) is 7.47. The normalized spacial score (nSPS) is 19.5. The van der Waals surface area contributed by atoms with Crippen LogP contribution in [0.15, 0.2) is 188 Å². The summed E-state index contributed by atoms with van der Waals surface area (Å²) in [6.07, 6.45) is 19.2. The van der Waals surface area contributed by atoms with Crippen LogP contribution in [0.3, 0.4) is 0 Å². The molecule has 2 heteroatoms. The Morgan fingerprint density at radius 2 is 1.23 bits per heavy atom. The summed E-state index contributed by atoms with van der Waals surface area (Å²) < 4.78 is 2.53. The van der Waals surface area contributed by atoms with Gasteiger partial charge in [-0.1, -0.05) is 153 Å². The number of rotatable bonds is 6. The zero-order valence-electron chi connectivity index (χ0n) is 30.2. The van der Waals surface area contributed by atoms with E-state index in [2.05, 4.69) is 211 Å². The molecule has 6 aromatic carbocycles. The molecule has 0 amide bonds. The Morgan fingerprint density at radius 1 is 0.566 bits per heavy atom. The van der Waals surface area contributed by atoms with Gasteiger partial charge in [0.25, 0.3) is 0 Å². The molecular weight excluding hydrogens is 641 g/mol. The Hall–Kier alpha value is -6.12. The van der Waals surface area contributed by atoms with E-state index in [4.69, 9.17) is 0 Å². The van der Waals surface area contributed by atoms with Crippen molar-refractivity contribution in [3.05, 3.63) is 199 Å². The summed E-state index contributed by atoms with van der Waals surface area (Å²) in [7, 11) is 0. The van der Waals surface area contributed by atoms with Gasteiger partial charge in [-0.05, 0) is 99.7 Å². The lowest BCUT2D eigenvalue weighted by Gasteiger charge is -2.30. The lowest BCUT2D eigenvalue weighted by Crippen LogP contribution is -2.24. The van der Waals surface area contributed by atoms with Gasteiger partial charge in [0.2, 0.25) is 0 Å². The minimum atomic E-state index is 0.0333. The molecule has 3 unspecified atom stereocenters. The first-order chi connectivity index (χ1) is 26.1. The fraction of sp³-hybridized carbons (Fsp3) is 0.137. The van der Waals surface area contributed by atoms with Gasteiger partial charge in [0.1, 0.15) is 0 Å². The summed E-state index contributed by atoms with van der Waals surface area (Å²) in [5.41, 5.74) is 13.9. The molecule has 3 atom stereocenters. The fourth-order valence-corrected chi connectivity index (χ4v) is 9.38. The molecule has 0 radical (unpaired) electrons. The van der Waals surface area contributed by atoms with Crippen molar-refractivity contribution in [2.75, 3.05) is 4.90 Å². The van der Waals surface area contributed by atoms with Crippen molar-refractivity contribution in [3.63, 3.8) is 0 Å². The highest BCUT2D eigenvalue weighted by Gasteiger charge is 2.44. The third kappa shape index (κ3) is 5.16. The van der Waals surface area contributed by atoms with Crippen LogP contribution in [0.1, 0.15) is 43.4 Å². The second-order valence-corrected chi connectivity index (χ2v) is 15.3. The van der Waals surface area contributed by atoms with E-state index in [0.29, 0.717) is 17.9 Å². The van der Waals surface area contributed by atoms with E-state index in [1.54, 1.807) is 0 Å². The van der Waals surface area contributed by atoms with Crippen molar-refractivity contribution in [3.8, 4) is 22.3 Å². The minimum absolute atomic E-state index is 0.0333. The maximum absolute atomic E-state index is 2.53. The minimum Gasteiger partial charge on any atom is -0.333 e. The molecule has 3 aliphatic carbocycles. The molecule has 0 N–H and O–H groups in total. The molecule has 0 saturated carbocycles. The van der Waals surface area contributed by atoms with Crippen LogP contribution in [0.25, 0.3) is 44.1 Å². The highest BCUT2D eigenvalue weighted by atomic mass is 15.1. The van der Waals surface area contributed by atoms with E-state index in [-0.39, 0.29) is 5.41 Å². The van der Waals surface area contributed by atoms with Gasteiger partial charge in [-0.15, -0.1) is 0 Å². The van der Waals surface area contributed by atoms with Gasteiger partial charge in [-0.25, -0.2) is 0 Å². The number of allylic oxidation sites excluding steroid dienone is 8. The molecule has 53 heavy (non-hydrogen) atoms. The van der Waals surface area contributed by atoms with E-state index >= 15 is 0 Å². The molecular formula is C51H42N2. The van der Waals surface area contributed by atoms with Gasteiger partial charge in [-0.3, -0.25) is 0 Å². The largest absolute Gasteiger partial charge is 0.333 e. The quantitative estimate of drug-likeness (QED) is 0.169. The van der Waals surface area contributed by atoms with Gasteiger partial charge >= 0.3 is 0 Å². The Morgan fingerprint density at radius 3 is 2.00 bits per heavy atom. The molecule has 0 aliphatic heterocycles. The van der Waals surface area contributed by atoms with Crippen LogP contribution >= 0.6 is 0 Å². The van der Waals surface area contributed by atoms with Crippen molar-refractivity contribution in [1.82, 2.24) is 4.57 Å². The third-order valence-corrected chi connectivity index (χ3v) is 12.0. The van der Waals surface area contributed by atoms with Crippen LogP contribution in [-0.2, 0) is 5.41 Å². The lowest BCUT2D eigenvalue weighted by molar-refractivity contribution is 0.394. The molecule has 10 rings (SSSR count). The average molecular weight is 683 g/mol. The Bertz CT molecular complexity index is 2610. The molecule has 0 saturated heterocycles. The lowest BCUT2D eigenvalue weighted by atomic mass is 9.74. The van der Waals surface area contributed by atoms with Crippen LogP contribution in [0.4, 0.5) is 17.1 Å². The van der Waals surface area contributed by atoms with E-state index in [1.807, 2.05) is 0 Å². The van der Waals surface area contributed by atoms with E-state index in [9.17, 15) is 0 Å². The van der Waals surface area contributed by atoms with Crippen molar-refractivity contribution >= 4 is 38.9 Å². The van der Waals surface area contributed by atoms with Gasteiger partial charge in [0, 0.05) is 39.3 Å². The topological polar surface area (TPSA) is 8.17 Å². The van der Waals surface area contributed by atoms with Crippen LogP contribution < -0.4 is 4.90 Å². The Labute approximate surface area is 312 Å². The van der Waals surface area contributed by atoms with Gasteiger partial charge < -0.3 is 9.47 Å². The van der Waals surface area contributed by atoms with Crippen LogP contribution in [0.2, 0.25) is 0 Å². The fourth-order valence-electron chi connectivity index (χ4n) is 9.38. The summed E-state index contributed by atoms with van der Waals surface area (Å²) in [6, 6.07) is 52.1. The summed E-state index contributed by atoms with van der Waals surface area (Å²) in [6.45, 7) is 4.83. The van der Waals surface area contributed by atoms with E-state index in [1.165, 1.54) is 60.9 Å². The first-order valence-electron chi connectivity index (χ1n) is 19.0. The summed E-state index contributed by atoms with van der Waals surface area (Å²) in [5, 5.41) is 2.62. The second kappa shape index (κ2) is 12.5. The number of fused-ring (bicyclic) bond motifs is 6. The smallest absolute Gasteiger partial charge is 0.0560 e. The summed E-state index contributed by atoms with van der Waals surface area (Å²) >= 11 is 0. The number of aromatic nitrogens is 1. The molecule has 3 aliphatic rings. The highest BCUT2D eigenvalue weighted by molar-refractivity contribution is 6.15. The first-order valence-corrected chi connectivity index (χ1v) is 19.0. The SMILES string of the molecule is CC1(C)c2cc(N(c3ccc(-c4ccccc4)cc3)c3ccc(-c4cccc5c4c4ccccc4n5C4C=CC=CC4)cc3)ccc2C2C=CC=CC21. The molecule has 1 heterocycles. The second-order valence-electron chi connectivity index (χ2n) is 15.3. The van der Waals surface area contributed by atoms with Crippen LogP contribution in [0, 0.1) is 5.92 Å². The number of nitrogens with zero attached hydrogens (tertiary/aromatic N) is 2. The van der Waals surface area contributed by atoms with Crippen molar-refractivity contribution in [2.24, 2.45) is 5.92 Å². The molecule has 1 aromatic heterocycles. The van der Waals surface area contributed by atoms with Gasteiger partial charge in [0.05, 0.1) is 11.6 Å². The monoisotopic (exact) mass is 682 g/mol. The van der Waals surface area contributed by atoms with Crippen molar-refractivity contribution < 1.29 is 0 Å². The molecule has 7 aromatic rings. The molecule has 0 bridgehead atoms. The zero-order chi connectivity index (χ0) is 35.5. The third-order valence-electron chi connectivity index (χ3n) is 12.0. The number of para-hydroxylation sites is 1. The van der Waals surface area contributed by atoms with Crippen LogP contribution in [-0.4, -0.2) is 4.57 Å². The summed E-state index contributed by atoms with van der Waals surface area (Å²) in [4.78, 5) is 2.43. The number of hydrogen-bond acceptors (Lipinski definition) is 1. The number of benzene rings is 6. The maximum atomic E-state index is 2.53. The predicted molar refractivity (Wildman–Crippen MR) is 224 cm³/mol. The van der Waals surface area contributed by atoms with Crippen molar-refractivity contribution in [2.45, 2.75) is 37.6 Å². The van der Waals surface area contributed by atoms with Crippen molar-refractivity contribution in [1.29, 1.82) is 0 Å². The Balaban J connectivity index is 1.09. The first kappa shape index (κ1) is 31.6. The molecule has 256 valence electrons. The predicted octanol–water partition coefficient (Wildman–Crippen LogP) is 13.8. The molecule has 0 spiro atoms. The van der Waals surface area contributed by atoms with Gasteiger partial charge in [-0.2, -0.15) is 0 Å². The van der Waals surface area contributed by atoms with Gasteiger partial charge in [0.15, 0.2) is 0 Å². The standard InChI is InChI=1S/C51H42N2/c1-51(2)46-21-11-9-18-43(46)44-33-32-41(34-47(44)51)52(39-28-24-36(25-29-39)35-14-5-3-6-15-35)40-30-26-37(27-31-40)42-20-13-23-49-50(42)45-19-10-12-22-48(45)53(49)38-16-7-4-8-17-38/h3-16,18-34,38,43,46H,17H2,1-2H3. The van der Waals surface area contributed by atoms with E-state index in [0.717, 1.165) is 17.8 Å². The number of anilines is 3. The molecule has 0 fully saturated rings. The highest BCUT2D eigenvalue weighted by Crippen LogP contribution is 2.54. The van der Waals surface area contributed by atoms with E-state index < -0.39 is 0 Å². The zero-order valence-corrected chi connectivity index (χ0v) is 30.2. The number of hydrogen-bond donors (Lipinski definition) is 0. The van der Waals surface area contributed by atoms with Crippen LogP contribution in [0.5, 0.6) is 0 Å². The summed E-state index contributed by atoms with van der Waals surface area (Å²) in [5.74, 6) is 0.895. The average Bonchev–Trinajstić information content (AvgIpc) is 3.68. The maximum Gasteiger partial charge on any atom is 0.0560 e. The molecule has 2 nitrogen and oxygen atoms in total.